The smallest absolute Gasteiger partial charge is 0.243 e. The molecule has 21 heavy (non-hydrogen) atoms. The van der Waals surface area contributed by atoms with Gasteiger partial charge in [-0.25, -0.2) is 12.8 Å². The second kappa shape index (κ2) is 5.06. The van der Waals surface area contributed by atoms with E-state index in [1.54, 1.807) is 16.4 Å². The summed E-state index contributed by atoms with van der Waals surface area (Å²) >= 11 is 0. The predicted molar refractivity (Wildman–Crippen MR) is 80.3 cm³/mol. The standard InChI is InChI=1S/C16H22FNO2S/c1-12-3-5-15(6-4-12)21(19,20)18-10-8-13-11-14(17)7-9-16(13,18)2/h3-6,13-14H,7-11H2,1-2H3/t13?,14-,16-/m1/s1. The van der Waals surface area contributed by atoms with E-state index in [1.807, 2.05) is 26.0 Å². The van der Waals surface area contributed by atoms with E-state index < -0.39 is 21.7 Å². The molecule has 116 valence electrons. The van der Waals surface area contributed by atoms with Crippen LogP contribution in [0.3, 0.4) is 0 Å². The third-order valence-electron chi connectivity index (χ3n) is 5.24. The lowest BCUT2D eigenvalue weighted by molar-refractivity contribution is 0.0924. The van der Waals surface area contributed by atoms with Crippen molar-refractivity contribution in [3.05, 3.63) is 29.8 Å². The summed E-state index contributed by atoms with van der Waals surface area (Å²) in [5.74, 6) is 0.140. The van der Waals surface area contributed by atoms with Gasteiger partial charge in [-0.15, -0.1) is 0 Å². The fourth-order valence-corrected chi connectivity index (χ4v) is 5.72. The molecule has 5 heteroatoms. The molecule has 1 heterocycles. The van der Waals surface area contributed by atoms with Crippen molar-refractivity contribution in [1.82, 2.24) is 4.31 Å². The second-order valence-corrected chi connectivity index (χ2v) is 8.47. The van der Waals surface area contributed by atoms with Crippen molar-refractivity contribution in [2.45, 2.75) is 56.1 Å². The van der Waals surface area contributed by atoms with Crippen LogP contribution in [0.15, 0.2) is 29.2 Å². The topological polar surface area (TPSA) is 37.4 Å². The van der Waals surface area contributed by atoms with Gasteiger partial charge in [0.15, 0.2) is 0 Å². The summed E-state index contributed by atoms with van der Waals surface area (Å²) in [4.78, 5) is 0.345. The van der Waals surface area contributed by atoms with Crippen molar-refractivity contribution in [1.29, 1.82) is 0 Å². The molecule has 1 saturated heterocycles. The summed E-state index contributed by atoms with van der Waals surface area (Å²) in [5, 5.41) is 0. The van der Waals surface area contributed by atoms with Gasteiger partial charge in [-0.2, -0.15) is 4.31 Å². The van der Waals surface area contributed by atoms with Crippen LogP contribution < -0.4 is 0 Å². The van der Waals surface area contributed by atoms with Crippen LogP contribution in [0, 0.1) is 12.8 Å². The zero-order valence-corrected chi connectivity index (χ0v) is 13.4. The molecule has 1 aliphatic carbocycles. The van der Waals surface area contributed by atoms with Crippen molar-refractivity contribution in [3.8, 4) is 0 Å². The van der Waals surface area contributed by atoms with E-state index in [9.17, 15) is 12.8 Å². The molecule has 1 unspecified atom stereocenters. The summed E-state index contributed by atoms with van der Waals surface area (Å²) in [5.41, 5.74) is 0.615. The van der Waals surface area contributed by atoms with Crippen LogP contribution in [0.1, 0.15) is 38.2 Å². The van der Waals surface area contributed by atoms with Gasteiger partial charge in [-0.1, -0.05) is 17.7 Å². The molecule has 0 bridgehead atoms. The van der Waals surface area contributed by atoms with E-state index in [2.05, 4.69) is 0 Å². The summed E-state index contributed by atoms with van der Waals surface area (Å²) in [6.45, 7) is 4.43. The monoisotopic (exact) mass is 311 g/mol. The summed E-state index contributed by atoms with van der Waals surface area (Å²) < 4.78 is 41.1. The summed E-state index contributed by atoms with van der Waals surface area (Å²) in [6.07, 6.45) is 1.57. The summed E-state index contributed by atoms with van der Waals surface area (Å²) in [6, 6.07) is 6.98. The molecule has 0 amide bonds. The third-order valence-corrected chi connectivity index (χ3v) is 7.29. The average molecular weight is 311 g/mol. The van der Waals surface area contributed by atoms with Gasteiger partial charge >= 0.3 is 0 Å². The first-order valence-electron chi connectivity index (χ1n) is 7.57. The second-order valence-electron chi connectivity index (χ2n) is 6.60. The molecule has 1 saturated carbocycles. The lowest BCUT2D eigenvalue weighted by atomic mass is 9.74. The molecule has 0 aromatic heterocycles. The highest BCUT2D eigenvalue weighted by Crippen LogP contribution is 2.48. The lowest BCUT2D eigenvalue weighted by Gasteiger charge is -2.42. The van der Waals surface area contributed by atoms with Crippen molar-refractivity contribution >= 4 is 10.0 Å². The SMILES string of the molecule is Cc1ccc(S(=O)(=O)N2CCC3C[C@H](F)CC[C@]32C)cc1. The summed E-state index contributed by atoms with van der Waals surface area (Å²) in [7, 11) is -3.49. The number of nitrogens with zero attached hydrogens (tertiary/aromatic N) is 1. The van der Waals surface area contributed by atoms with Crippen LogP contribution in [0.4, 0.5) is 4.39 Å². The number of halogens is 1. The van der Waals surface area contributed by atoms with E-state index in [4.69, 9.17) is 0 Å². The van der Waals surface area contributed by atoms with E-state index in [0.29, 0.717) is 30.7 Å². The van der Waals surface area contributed by atoms with Gasteiger partial charge in [-0.05, 0) is 57.6 Å². The van der Waals surface area contributed by atoms with Crippen molar-refractivity contribution < 1.29 is 12.8 Å². The molecule has 1 aliphatic heterocycles. The Hall–Kier alpha value is -0.940. The fourth-order valence-electron chi connectivity index (χ4n) is 3.85. The van der Waals surface area contributed by atoms with Crippen molar-refractivity contribution in [2.75, 3.05) is 6.54 Å². The largest absolute Gasteiger partial charge is 0.247 e. The molecular formula is C16H22FNO2S. The molecule has 2 fully saturated rings. The van der Waals surface area contributed by atoms with Crippen LogP contribution in [-0.4, -0.2) is 31.0 Å². The van der Waals surface area contributed by atoms with Crippen molar-refractivity contribution in [3.63, 3.8) is 0 Å². The Labute approximate surface area is 126 Å². The Bertz CT molecular complexity index is 628. The minimum absolute atomic E-state index is 0.140. The highest BCUT2D eigenvalue weighted by atomic mass is 32.2. The quantitative estimate of drug-likeness (QED) is 0.840. The molecule has 0 spiro atoms. The van der Waals surface area contributed by atoms with Gasteiger partial charge in [0.2, 0.25) is 10.0 Å². The number of hydrogen-bond acceptors (Lipinski definition) is 2. The highest BCUT2D eigenvalue weighted by Gasteiger charge is 2.52. The number of rotatable bonds is 2. The first-order valence-corrected chi connectivity index (χ1v) is 9.01. The van der Waals surface area contributed by atoms with Crippen molar-refractivity contribution in [2.24, 2.45) is 5.92 Å². The van der Waals surface area contributed by atoms with Crippen LogP contribution in [0.2, 0.25) is 0 Å². The molecule has 1 aromatic rings. The van der Waals surface area contributed by atoms with Gasteiger partial charge in [0.1, 0.15) is 6.17 Å². The number of sulfonamides is 1. The number of alkyl halides is 1. The maximum atomic E-state index is 13.6. The molecular weight excluding hydrogens is 289 g/mol. The molecule has 1 aromatic carbocycles. The predicted octanol–water partition coefficient (Wildman–Crippen LogP) is 3.29. The maximum absolute atomic E-state index is 13.6. The van der Waals surface area contributed by atoms with Gasteiger partial charge in [0, 0.05) is 12.1 Å². The van der Waals surface area contributed by atoms with E-state index in [0.717, 1.165) is 12.0 Å². The van der Waals surface area contributed by atoms with E-state index in [1.165, 1.54) is 0 Å². The van der Waals surface area contributed by atoms with Gasteiger partial charge in [0.25, 0.3) is 0 Å². The van der Waals surface area contributed by atoms with E-state index in [-0.39, 0.29) is 5.92 Å². The maximum Gasteiger partial charge on any atom is 0.243 e. The normalized spacial score (nSPS) is 33.9. The zero-order valence-electron chi connectivity index (χ0n) is 12.5. The number of aryl methyl sites for hydroxylation is 1. The van der Waals surface area contributed by atoms with Gasteiger partial charge in [-0.3, -0.25) is 0 Å². The van der Waals surface area contributed by atoms with Crippen LogP contribution in [-0.2, 0) is 10.0 Å². The molecule has 2 aliphatic rings. The molecule has 0 N–H and O–H groups in total. The fraction of sp³-hybridized carbons (Fsp3) is 0.625. The Kier molecular flexibility index (Phi) is 3.61. The Balaban J connectivity index is 1.95. The number of fused-ring (bicyclic) bond motifs is 1. The average Bonchev–Trinajstić information content (AvgIpc) is 2.77. The first kappa shape index (κ1) is 15.0. The zero-order chi connectivity index (χ0) is 15.3. The highest BCUT2D eigenvalue weighted by molar-refractivity contribution is 7.89. The third kappa shape index (κ3) is 2.40. The lowest BCUT2D eigenvalue weighted by Crippen LogP contribution is -2.51. The Morgan fingerprint density at radius 3 is 2.57 bits per heavy atom. The van der Waals surface area contributed by atoms with Crippen LogP contribution >= 0.6 is 0 Å². The molecule has 3 nitrogen and oxygen atoms in total. The molecule has 3 atom stereocenters. The molecule has 3 rings (SSSR count). The molecule has 0 radical (unpaired) electrons. The minimum atomic E-state index is -3.49. The Morgan fingerprint density at radius 2 is 1.90 bits per heavy atom. The Morgan fingerprint density at radius 1 is 1.24 bits per heavy atom. The number of benzene rings is 1. The van der Waals surface area contributed by atoms with Gasteiger partial charge in [0.05, 0.1) is 4.90 Å². The minimum Gasteiger partial charge on any atom is -0.247 e. The van der Waals surface area contributed by atoms with E-state index >= 15 is 0 Å². The first-order chi connectivity index (χ1) is 9.84. The number of hydrogen-bond donors (Lipinski definition) is 0. The van der Waals surface area contributed by atoms with Crippen LogP contribution in [0.25, 0.3) is 0 Å². The van der Waals surface area contributed by atoms with Gasteiger partial charge < -0.3 is 0 Å². The van der Waals surface area contributed by atoms with Crippen LogP contribution in [0.5, 0.6) is 0 Å².